The molecule has 0 saturated carbocycles. The van der Waals surface area contributed by atoms with E-state index >= 15 is 0 Å². The first-order valence-electron chi connectivity index (χ1n) is 4.76. The van der Waals surface area contributed by atoms with Crippen LogP contribution in [0.2, 0.25) is 0 Å². The average molecular weight is 177 g/mol. The van der Waals surface area contributed by atoms with Gasteiger partial charge in [0.15, 0.2) is 0 Å². The number of nitrogens with zero attached hydrogens (tertiary/aromatic N) is 2. The van der Waals surface area contributed by atoms with E-state index in [1.807, 2.05) is 18.6 Å². The Balaban J connectivity index is 2.17. The van der Waals surface area contributed by atoms with Crippen LogP contribution in [-0.2, 0) is 6.54 Å². The largest absolute Gasteiger partial charge is 0.329 e. The summed E-state index contributed by atoms with van der Waals surface area (Å²) in [5.74, 6) is 0. The second-order valence-corrected chi connectivity index (χ2v) is 3.41. The lowest BCUT2D eigenvalue weighted by molar-refractivity contribution is 0.588. The molecule has 0 bridgehead atoms. The van der Waals surface area contributed by atoms with Crippen molar-refractivity contribution in [2.45, 2.75) is 25.4 Å². The average Bonchev–Trinajstić information content (AvgIpc) is 2.71. The molecule has 1 aliphatic rings. The number of nitrogens with one attached hydrogen (secondary N) is 1. The summed E-state index contributed by atoms with van der Waals surface area (Å²) in [7, 11) is 0. The van der Waals surface area contributed by atoms with Crippen molar-refractivity contribution >= 4 is 0 Å². The van der Waals surface area contributed by atoms with Crippen LogP contribution in [0, 0.1) is 0 Å². The van der Waals surface area contributed by atoms with Gasteiger partial charge in [-0.2, -0.15) is 0 Å². The van der Waals surface area contributed by atoms with Crippen LogP contribution in [0.25, 0.3) is 0 Å². The molecule has 3 heteroatoms. The lowest BCUT2D eigenvalue weighted by Gasteiger charge is -2.11. The third-order valence-corrected chi connectivity index (χ3v) is 2.49. The van der Waals surface area contributed by atoms with Gasteiger partial charge >= 0.3 is 0 Å². The summed E-state index contributed by atoms with van der Waals surface area (Å²) >= 11 is 0. The highest BCUT2D eigenvalue weighted by Crippen LogP contribution is 2.22. The molecule has 2 heterocycles. The molecule has 2 rings (SSSR count). The molecular formula is C10H15N3. The van der Waals surface area contributed by atoms with Crippen LogP contribution in [0.3, 0.4) is 0 Å². The van der Waals surface area contributed by atoms with Crippen molar-refractivity contribution in [3.05, 3.63) is 30.9 Å². The molecule has 0 spiro atoms. The molecule has 0 amide bonds. The maximum absolute atomic E-state index is 4.16. The fourth-order valence-electron chi connectivity index (χ4n) is 1.85. The molecule has 1 N–H and O–H groups in total. The lowest BCUT2D eigenvalue weighted by atomic mass is 10.2. The number of allylic oxidation sites excluding steroid dienone is 1. The van der Waals surface area contributed by atoms with Crippen LogP contribution in [0.1, 0.15) is 24.6 Å². The molecule has 0 aliphatic carbocycles. The van der Waals surface area contributed by atoms with E-state index in [1.165, 1.54) is 18.5 Å². The summed E-state index contributed by atoms with van der Waals surface area (Å²) in [5.41, 5.74) is 1.29. The smallest absolute Gasteiger partial charge is 0.0951 e. The van der Waals surface area contributed by atoms with Crippen LogP contribution in [0.15, 0.2) is 25.2 Å². The van der Waals surface area contributed by atoms with E-state index in [0.717, 1.165) is 13.1 Å². The Morgan fingerprint density at radius 3 is 3.38 bits per heavy atom. The van der Waals surface area contributed by atoms with E-state index in [1.54, 1.807) is 0 Å². The minimum atomic E-state index is 0.502. The van der Waals surface area contributed by atoms with Gasteiger partial charge < -0.3 is 9.88 Å². The zero-order valence-electron chi connectivity index (χ0n) is 7.74. The SMILES string of the molecule is C=CCn1cncc1C1CCCN1. The minimum Gasteiger partial charge on any atom is -0.329 e. The molecular weight excluding hydrogens is 162 g/mol. The maximum atomic E-state index is 4.16. The number of rotatable bonds is 3. The van der Waals surface area contributed by atoms with E-state index < -0.39 is 0 Å². The molecule has 3 nitrogen and oxygen atoms in total. The topological polar surface area (TPSA) is 29.9 Å². The normalized spacial score (nSPS) is 22.0. The molecule has 0 radical (unpaired) electrons. The van der Waals surface area contributed by atoms with Crippen molar-refractivity contribution in [3.8, 4) is 0 Å². The zero-order chi connectivity index (χ0) is 9.10. The van der Waals surface area contributed by atoms with E-state index in [9.17, 15) is 0 Å². The van der Waals surface area contributed by atoms with E-state index in [0.29, 0.717) is 6.04 Å². The van der Waals surface area contributed by atoms with Crippen molar-refractivity contribution in [1.82, 2.24) is 14.9 Å². The molecule has 1 fully saturated rings. The summed E-state index contributed by atoms with van der Waals surface area (Å²) in [6.07, 6.45) is 8.22. The summed E-state index contributed by atoms with van der Waals surface area (Å²) in [6.45, 7) is 5.72. The van der Waals surface area contributed by atoms with Crippen LogP contribution in [0.5, 0.6) is 0 Å². The quantitative estimate of drug-likeness (QED) is 0.709. The van der Waals surface area contributed by atoms with Crippen molar-refractivity contribution in [2.24, 2.45) is 0 Å². The third-order valence-electron chi connectivity index (χ3n) is 2.49. The molecule has 1 aromatic heterocycles. The Labute approximate surface area is 78.5 Å². The van der Waals surface area contributed by atoms with Gasteiger partial charge in [-0.05, 0) is 19.4 Å². The molecule has 70 valence electrons. The molecule has 1 aliphatic heterocycles. The van der Waals surface area contributed by atoms with Crippen LogP contribution >= 0.6 is 0 Å². The molecule has 1 unspecified atom stereocenters. The lowest BCUT2D eigenvalue weighted by Crippen LogP contribution is -2.16. The summed E-state index contributed by atoms with van der Waals surface area (Å²) < 4.78 is 2.15. The van der Waals surface area contributed by atoms with Crippen molar-refractivity contribution in [1.29, 1.82) is 0 Å². The Kier molecular flexibility index (Phi) is 2.45. The molecule has 1 atom stereocenters. The number of hydrogen-bond donors (Lipinski definition) is 1. The predicted octanol–water partition coefficient (Wildman–Crippen LogP) is 1.49. The predicted molar refractivity (Wildman–Crippen MR) is 52.4 cm³/mol. The Hall–Kier alpha value is -1.09. The number of aromatic nitrogens is 2. The highest BCUT2D eigenvalue weighted by atomic mass is 15.1. The Morgan fingerprint density at radius 2 is 2.69 bits per heavy atom. The fraction of sp³-hybridized carbons (Fsp3) is 0.500. The Morgan fingerprint density at radius 1 is 1.77 bits per heavy atom. The highest BCUT2D eigenvalue weighted by Gasteiger charge is 2.18. The van der Waals surface area contributed by atoms with Gasteiger partial charge in [0.25, 0.3) is 0 Å². The monoisotopic (exact) mass is 177 g/mol. The standard InChI is InChI=1S/C10H15N3/c1-2-6-13-8-11-7-10(13)9-4-3-5-12-9/h2,7-9,12H,1,3-6H2. The number of imidazole rings is 1. The summed E-state index contributed by atoms with van der Waals surface area (Å²) in [4.78, 5) is 4.16. The first-order valence-corrected chi connectivity index (χ1v) is 4.76. The van der Waals surface area contributed by atoms with Gasteiger partial charge in [0, 0.05) is 18.8 Å². The third kappa shape index (κ3) is 1.65. The second kappa shape index (κ2) is 3.75. The van der Waals surface area contributed by atoms with Crippen molar-refractivity contribution < 1.29 is 0 Å². The van der Waals surface area contributed by atoms with Crippen LogP contribution in [0.4, 0.5) is 0 Å². The van der Waals surface area contributed by atoms with Gasteiger partial charge in [-0.1, -0.05) is 6.08 Å². The van der Waals surface area contributed by atoms with E-state index in [2.05, 4.69) is 21.4 Å². The molecule has 0 aromatic carbocycles. The van der Waals surface area contributed by atoms with Gasteiger partial charge in [0.05, 0.1) is 12.0 Å². The van der Waals surface area contributed by atoms with Gasteiger partial charge in [0.2, 0.25) is 0 Å². The molecule has 13 heavy (non-hydrogen) atoms. The van der Waals surface area contributed by atoms with Gasteiger partial charge in [-0.3, -0.25) is 0 Å². The van der Waals surface area contributed by atoms with E-state index in [4.69, 9.17) is 0 Å². The summed E-state index contributed by atoms with van der Waals surface area (Å²) in [6, 6.07) is 0.502. The first-order chi connectivity index (χ1) is 6.42. The summed E-state index contributed by atoms with van der Waals surface area (Å²) in [5, 5.41) is 3.46. The number of hydrogen-bond acceptors (Lipinski definition) is 2. The van der Waals surface area contributed by atoms with Gasteiger partial charge in [0.1, 0.15) is 0 Å². The van der Waals surface area contributed by atoms with Gasteiger partial charge in [-0.15, -0.1) is 6.58 Å². The minimum absolute atomic E-state index is 0.502. The van der Waals surface area contributed by atoms with E-state index in [-0.39, 0.29) is 0 Å². The zero-order valence-corrected chi connectivity index (χ0v) is 7.74. The maximum Gasteiger partial charge on any atom is 0.0951 e. The van der Waals surface area contributed by atoms with Crippen LogP contribution < -0.4 is 5.32 Å². The molecule has 1 saturated heterocycles. The second-order valence-electron chi connectivity index (χ2n) is 3.41. The highest BCUT2D eigenvalue weighted by molar-refractivity contribution is 5.07. The van der Waals surface area contributed by atoms with Crippen molar-refractivity contribution in [3.63, 3.8) is 0 Å². The first kappa shape index (κ1) is 8.51. The van der Waals surface area contributed by atoms with Crippen LogP contribution in [-0.4, -0.2) is 16.1 Å². The molecule has 1 aromatic rings. The fourth-order valence-corrected chi connectivity index (χ4v) is 1.85. The van der Waals surface area contributed by atoms with Crippen molar-refractivity contribution in [2.75, 3.05) is 6.54 Å². The van der Waals surface area contributed by atoms with Gasteiger partial charge in [-0.25, -0.2) is 4.98 Å². The Bertz CT molecular complexity index is 284.